The van der Waals surface area contributed by atoms with Crippen molar-refractivity contribution in [3.8, 4) is 0 Å². The molecule has 2 fully saturated rings. The van der Waals surface area contributed by atoms with Crippen LogP contribution in [-0.2, 0) is 9.53 Å². The Hall–Kier alpha value is -1.83. The number of pyridine rings is 1. The van der Waals surface area contributed by atoms with Crippen molar-refractivity contribution >= 4 is 34.6 Å². The molecule has 1 aliphatic carbocycles. The van der Waals surface area contributed by atoms with Crippen molar-refractivity contribution in [2.75, 3.05) is 25.0 Å². The second-order valence-electron chi connectivity index (χ2n) is 6.00. The van der Waals surface area contributed by atoms with Gasteiger partial charge in [-0.15, -0.1) is 11.6 Å². The summed E-state index contributed by atoms with van der Waals surface area (Å²) in [5.74, 6) is -0.476. The highest BCUT2D eigenvalue weighted by atomic mass is 35.5. The van der Waals surface area contributed by atoms with Crippen LogP contribution in [0.3, 0.4) is 0 Å². The number of aromatic nitrogens is 1. The van der Waals surface area contributed by atoms with Gasteiger partial charge in [0.15, 0.2) is 0 Å². The number of morpholine rings is 1. The van der Waals surface area contributed by atoms with Gasteiger partial charge in [-0.1, -0.05) is 0 Å². The summed E-state index contributed by atoms with van der Waals surface area (Å²) in [6, 6.07) is 3.52. The van der Waals surface area contributed by atoms with Crippen LogP contribution in [0, 0.1) is 16.7 Å². The van der Waals surface area contributed by atoms with Gasteiger partial charge in [0.25, 0.3) is 5.91 Å². The maximum Gasteiger partial charge on any atom is 0.271 e. The standard InChI is InChI=1S/C16H20ClN5O2/c17-13(14(18)9-1-2-9)15(19)16(23)22-10-3-4-11(21-7-10)12-8-20-5-6-24-12/h3-4,7,9,12-13,18-20H,1-2,5-6,8H2,(H,22,23). The molecule has 2 atom stereocenters. The van der Waals surface area contributed by atoms with Gasteiger partial charge in [-0.2, -0.15) is 0 Å². The van der Waals surface area contributed by atoms with Gasteiger partial charge in [0.2, 0.25) is 0 Å². The Morgan fingerprint density at radius 3 is 2.79 bits per heavy atom. The predicted molar refractivity (Wildman–Crippen MR) is 92.2 cm³/mol. The van der Waals surface area contributed by atoms with E-state index >= 15 is 0 Å². The molecule has 0 spiro atoms. The van der Waals surface area contributed by atoms with Crippen LogP contribution in [0.1, 0.15) is 24.6 Å². The lowest BCUT2D eigenvalue weighted by atomic mass is 10.1. The van der Waals surface area contributed by atoms with E-state index in [-0.39, 0.29) is 23.4 Å². The summed E-state index contributed by atoms with van der Waals surface area (Å²) in [7, 11) is 0. The topological polar surface area (TPSA) is 111 Å². The van der Waals surface area contributed by atoms with E-state index in [0.717, 1.165) is 25.1 Å². The first-order valence-corrected chi connectivity index (χ1v) is 8.40. The van der Waals surface area contributed by atoms with Gasteiger partial charge < -0.3 is 20.8 Å². The molecule has 0 bridgehead atoms. The number of alkyl halides is 1. The molecule has 1 aliphatic heterocycles. The van der Waals surface area contributed by atoms with Crippen molar-refractivity contribution in [3.05, 3.63) is 24.0 Å². The molecule has 0 radical (unpaired) electrons. The van der Waals surface area contributed by atoms with Gasteiger partial charge in [0, 0.05) is 18.8 Å². The first-order chi connectivity index (χ1) is 11.6. The van der Waals surface area contributed by atoms with Crippen molar-refractivity contribution in [1.82, 2.24) is 10.3 Å². The van der Waals surface area contributed by atoms with Gasteiger partial charge in [0.05, 0.1) is 24.2 Å². The second kappa shape index (κ2) is 7.38. The third-order valence-electron chi connectivity index (χ3n) is 4.09. The minimum absolute atomic E-state index is 0.0898. The molecule has 2 aliphatic rings. The van der Waals surface area contributed by atoms with Crippen LogP contribution in [-0.4, -0.2) is 47.4 Å². The highest BCUT2D eigenvalue weighted by Crippen LogP contribution is 2.32. The van der Waals surface area contributed by atoms with Crippen LogP contribution in [0.2, 0.25) is 0 Å². The molecule has 1 aromatic rings. The maximum absolute atomic E-state index is 12.1. The second-order valence-corrected chi connectivity index (χ2v) is 6.43. The molecule has 0 aromatic carbocycles. The van der Waals surface area contributed by atoms with Crippen LogP contribution in [0.25, 0.3) is 0 Å². The van der Waals surface area contributed by atoms with Crippen molar-refractivity contribution in [3.63, 3.8) is 0 Å². The van der Waals surface area contributed by atoms with Crippen molar-refractivity contribution < 1.29 is 9.53 Å². The van der Waals surface area contributed by atoms with E-state index in [1.54, 1.807) is 12.1 Å². The molecule has 2 unspecified atom stereocenters. The molecular weight excluding hydrogens is 330 g/mol. The van der Waals surface area contributed by atoms with E-state index < -0.39 is 11.3 Å². The van der Waals surface area contributed by atoms with Crippen LogP contribution in [0.5, 0.6) is 0 Å². The van der Waals surface area contributed by atoms with E-state index in [9.17, 15) is 4.79 Å². The van der Waals surface area contributed by atoms with Gasteiger partial charge in [0.1, 0.15) is 17.2 Å². The Morgan fingerprint density at radius 2 is 2.21 bits per heavy atom. The quantitative estimate of drug-likeness (QED) is 0.463. The lowest BCUT2D eigenvalue weighted by Gasteiger charge is -2.23. The van der Waals surface area contributed by atoms with Gasteiger partial charge >= 0.3 is 0 Å². The molecule has 3 rings (SSSR count). The fourth-order valence-corrected chi connectivity index (χ4v) is 2.77. The number of hydrogen-bond donors (Lipinski definition) is 4. The van der Waals surface area contributed by atoms with Crippen LogP contribution >= 0.6 is 11.6 Å². The van der Waals surface area contributed by atoms with Crippen molar-refractivity contribution in [2.24, 2.45) is 5.92 Å². The summed E-state index contributed by atoms with van der Waals surface area (Å²) >= 11 is 6.06. The van der Waals surface area contributed by atoms with Crippen molar-refractivity contribution in [1.29, 1.82) is 10.8 Å². The number of rotatable bonds is 6. The Kier molecular flexibility index (Phi) is 5.23. The molecule has 2 heterocycles. The molecule has 128 valence electrons. The van der Waals surface area contributed by atoms with Crippen LogP contribution in [0.4, 0.5) is 5.69 Å². The molecule has 1 saturated heterocycles. The first-order valence-electron chi connectivity index (χ1n) is 7.96. The summed E-state index contributed by atoms with van der Waals surface area (Å²) in [6.07, 6.45) is 3.28. The predicted octanol–water partition coefficient (Wildman–Crippen LogP) is 1.74. The zero-order chi connectivity index (χ0) is 17.1. The first kappa shape index (κ1) is 17.0. The number of carbonyl (C=O) groups is 1. The number of anilines is 1. The number of halogens is 1. The smallest absolute Gasteiger partial charge is 0.271 e. The number of hydrogen-bond acceptors (Lipinski definition) is 6. The largest absolute Gasteiger partial charge is 0.369 e. The van der Waals surface area contributed by atoms with E-state index in [4.69, 9.17) is 27.2 Å². The summed E-state index contributed by atoms with van der Waals surface area (Å²) in [5.41, 5.74) is 1.23. The fraction of sp³-hybridized carbons (Fsp3) is 0.500. The molecule has 1 saturated carbocycles. The minimum atomic E-state index is -0.966. The lowest BCUT2D eigenvalue weighted by Crippen LogP contribution is -2.35. The molecule has 1 aromatic heterocycles. The van der Waals surface area contributed by atoms with Gasteiger partial charge in [-0.05, 0) is 30.9 Å². The summed E-state index contributed by atoms with van der Waals surface area (Å²) in [4.78, 5) is 16.4. The Balaban J connectivity index is 1.57. The highest BCUT2D eigenvalue weighted by molar-refractivity contribution is 6.58. The number of carbonyl (C=O) groups excluding carboxylic acids is 1. The molecule has 7 nitrogen and oxygen atoms in total. The third kappa shape index (κ3) is 3.98. The summed E-state index contributed by atoms with van der Waals surface area (Å²) in [5, 5.41) is 20.6. The fourth-order valence-electron chi connectivity index (χ4n) is 2.50. The molecule has 8 heteroatoms. The highest BCUT2D eigenvalue weighted by Gasteiger charge is 2.34. The molecule has 24 heavy (non-hydrogen) atoms. The average Bonchev–Trinajstić information content (AvgIpc) is 3.46. The summed E-state index contributed by atoms with van der Waals surface area (Å²) in [6.45, 7) is 2.19. The minimum Gasteiger partial charge on any atom is -0.369 e. The number of nitrogens with zero attached hydrogens (tertiary/aromatic N) is 1. The van der Waals surface area contributed by atoms with Crippen LogP contribution in [0.15, 0.2) is 18.3 Å². The number of ether oxygens (including phenoxy) is 1. The molecular formula is C16H20ClN5O2. The lowest BCUT2D eigenvalue weighted by molar-refractivity contribution is -0.110. The number of amides is 1. The zero-order valence-corrected chi connectivity index (χ0v) is 13.9. The van der Waals surface area contributed by atoms with E-state index in [2.05, 4.69) is 15.6 Å². The number of nitrogens with one attached hydrogen (secondary N) is 4. The molecule has 1 amide bonds. The van der Waals surface area contributed by atoms with Crippen molar-refractivity contribution in [2.45, 2.75) is 24.3 Å². The van der Waals surface area contributed by atoms with E-state index in [1.165, 1.54) is 6.20 Å². The SMILES string of the molecule is N=C(C(=O)Nc1ccc(C2CNCCO2)nc1)C(Cl)C(=N)C1CC1. The zero-order valence-electron chi connectivity index (χ0n) is 13.1. The maximum atomic E-state index is 12.1. The molecule has 4 N–H and O–H groups in total. The normalized spacial score (nSPS) is 21.8. The Labute approximate surface area is 145 Å². The Bertz CT molecular complexity index is 638. The van der Waals surface area contributed by atoms with Crippen LogP contribution < -0.4 is 10.6 Å². The summed E-state index contributed by atoms with van der Waals surface area (Å²) < 4.78 is 5.62. The van der Waals surface area contributed by atoms with Gasteiger partial charge in [-0.3, -0.25) is 15.2 Å². The van der Waals surface area contributed by atoms with E-state index in [0.29, 0.717) is 18.8 Å². The average molecular weight is 350 g/mol. The monoisotopic (exact) mass is 349 g/mol. The Morgan fingerprint density at radius 1 is 1.42 bits per heavy atom. The van der Waals surface area contributed by atoms with E-state index in [1.807, 2.05) is 0 Å². The van der Waals surface area contributed by atoms with Gasteiger partial charge in [-0.25, -0.2) is 0 Å². The third-order valence-corrected chi connectivity index (χ3v) is 4.54.